The molecule has 84 valence electrons. The molecule has 0 bridgehead atoms. The molecule has 0 spiro atoms. The van der Waals surface area contributed by atoms with Crippen molar-refractivity contribution in [1.29, 1.82) is 0 Å². The molecule has 0 fully saturated rings. The molecule has 2 rings (SSSR count). The summed E-state index contributed by atoms with van der Waals surface area (Å²) in [5.74, 6) is 1.93. The van der Waals surface area contributed by atoms with Crippen LogP contribution < -0.4 is 5.32 Å². The van der Waals surface area contributed by atoms with E-state index in [-0.39, 0.29) is 0 Å². The van der Waals surface area contributed by atoms with E-state index < -0.39 is 0 Å². The minimum absolute atomic E-state index is 0.393. The predicted molar refractivity (Wildman–Crippen MR) is 62.7 cm³/mol. The average molecular weight is 217 g/mol. The van der Waals surface area contributed by atoms with Gasteiger partial charge in [-0.1, -0.05) is 13.8 Å². The first kappa shape index (κ1) is 10.6. The highest BCUT2D eigenvalue weighted by atomic mass is 15.2. The zero-order chi connectivity index (χ0) is 11.5. The van der Waals surface area contributed by atoms with Gasteiger partial charge < -0.3 is 5.32 Å². The highest BCUT2D eigenvalue weighted by Gasteiger charge is 2.04. The second kappa shape index (κ2) is 4.30. The summed E-state index contributed by atoms with van der Waals surface area (Å²) >= 11 is 0. The molecule has 0 aliphatic carbocycles. The molecule has 2 aromatic heterocycles. The van der Waals surface area contributed by atoms with Gasteiger partial charge in [0.2, 0.25) is 0 Å². The highest BCUT2D eigenvalue weighted by Crippen LogP contribution is 2.16. The van der Waals surface area contributed by atoms with Crippen molar-refractivity contribution >= 4 is 11.6 Å². The van der Waals surface area contributed by atoms with Crippen LogP contribution in [0, 0.1) is 6.92 Å². The quantitative estimate of drug-likeness (QED) is 0.828. The smallest absolute Gasteiger partial charge is 0.153 e. The summed E-state index contributed by atoms with van der Waals surface area (Å²) in [6.45, 7) is 6.16. The number of hydrogen-bond acceptors (Lipinski definition) is 4. The summed E-state index contributed by atoms with van der Waals surface area (Å²) in [5, 5.41) is 10.1. The molecule has 5 heteroatoms. The number of aromatic nitrogens is 4. The lowest BCUT2D eigenvalue weighted by Gasteiger charge is -2.06. The van der Waals surface area contributed by atoms with Crippen LogP contribution in [0.4, 0.5) is 11.6 Å². The molecule has 5 nitrogen and oxygen atoms in total. The fourth-order valence-corrected chi connectivity index (χ4v) is 1.37. The van der Waals surface area contributed by atoms with E-state index in [9.17, 15) is 0 Å². The third-order valence-electron chi connectivity index (χ3n) is 2.24. The maximum atomic E-state index is 4.21. The lowest BCUT2D eigenvalue weighted by atomic mass is 10.1. The second-order valence-corrected chi connectivity index (χ2v) is 4.04. The van der Waals surface area contributed by atoms with Gasteiger partial charge in [-0.25, -0.2) is 9.97 Å². The van der Waals surface area contributed by atoms with Crippen LogP contribution >= 0.6 is 0 Å². The molecule has 0 atom stereocenters. The van der Waals surface area contributed by atoms with Crippen LogP contribution in [-0.4, -0.2) is 20.2 Å². The summed E-state index contributed by atoms with van der Waals surface area (Å²) < 4.78 is 0. The van der Waals surface area contributed by atoms with Gasteiger partial charge in [0.15, 0.2) is 5.82 Å². The standard InChI is InChI=1S/C11H15N5/c1-7(2)9-5-10(13-6-12-9)14-11-4-8(3)15-16-11/h4-7H,1-3H3,(H2,12,13,14,15,16). The third kappa shape index (κ3) is 2.36. The fourth-order valence-electron chi connectivity index (χ4n) is 1.37. The number of H-pyrrole nitrogens is 1. The van der Waals surface area contributed by atoms with Gasteiger partial charge in [-0.2, -0.15) is 5.10 Å². The van der Waals surface area contributed by atoms with E-state index in [0.29, 0.717) is 5.92 Å². The zero-order valence-electron chi connectivity index (χ0n) is 9.65. The van der Waals surface area contributed by atoms with E-state index in [2.05, 4.69) is 39.3 Å². The van der Waals surface area contributed by atoms with Crippen molar-refractivity contribution in [2.75, 3.05) is 5.32 Å². The van der Waals surface area contributed by atoms with E-state index >= 15 is 0 Å². The zero-order valence-corrected chi connectivity index (χ0v) is 9.65. The van der Waals surface area contributed by atoms with Crippen molar-refractivity contribution in [2.45, 2.75) is 26.7 Å². The molecule has 0 unspecified atom stereocenters. The van der Waals surface area contributed by atoms with Crippen molar-refractivity contribution in [3.8, 4) is 0 Å². The van der Waals surface area contributed by atoms with Crippen molar-refractivity contribution in [1.82, 2.24) is 20.2 Å². The first-order chi connectivity index (χ1) is 7.65. The Kier molecular flexibility index (Phi) is 2.85. The van der Waals surface area contributed by atoms with Crippen molar-refractivity contribution < 1.29 is 0 Å². The number of rotatable bonds is 3. The van der Waals surface area contributed by atoms with Gasteiger partial charge in [-0.3, -0.25) is 5.10 Å². The molecular formula is C11H15N5. The van der Waals surface area contributed by atoms with Crippen molar-refractivity contribution in [3.63, 3.8) is 0 Å². The Morgan fingerprint density at radius 3 is 2.62 bits per heavy atom. The monoisotopic (exact) mass is 217 g/mol. The van der Waals surface area contributed by atoms with Crippen LogP contribution in [0.2, 0.25) is 0 Å². The molecule has 0 aliphatic heterocycles. The minimum atomic E-state index is 0.393. The fraction of sp³-hybridized carbons (Fsp3) is 0.364. The predicted octanol–water partition coefficient (Wildman–Crippen LogP) is 2.38. The van der Waals surface area contributed by atoms with E-state index in [4.69, 9.17) is 0 Å². The Labute approximate surface area is 94.3 Å². The first-order valence-electron chi connectivity index (χ1n) is 5.26. The van der Waals surface area contributed by atoms with E-state index in [1.54, 1.807) is 6.33 Å². The summed E-state index contributed by atoms with van der Waals surface area (Å²) in [4.78, 5) is 8.36. The second-order valence-electron chi connectivity index (χ2n) is 4.04. The molecule has 0 saturated carbocycles. The number of nitrogens with one attached hydrogen (secondary N) is 2. The maximum Gasteiger partial charge on any atom is 0.153 e. The van der Waals surface area contributed by atoms with E-state index in [1.807, 2.05) is 19.1 Å². The minimum Gasteiger partial charge on any atom is -0.323 e. The van der Waals surface area contributed by atoms with Crippen LogP contribution in [0.3, 0.4) is 0 Å². The largest absolute Gasteiger partial charge is 0.323 e. The molecule has 0 amide bonds. The van der Waals surface area contributed by atoms with Gasteiger partial charge in [0.1, 0.15) is 12.1 Å². The molecule has 0 aromatic carbocycles. The molecule has 0 radical (unpaired) electrons. The number of nitrogens with zero attached hydrogens (tertiary/aromatic N) is 3. The third-order valence-corrected chi connectivity index (χ3v) is 2.24. The first-order valence-corrected chi connectivity index (χ1v) is 5.26. The molecule has 2 aromatic rings. The van der Waals surface area contributed by atoms with Gasteiger partial charge in [-0.05, 0) is 12.8 Å². The number of anilines is 2. The van der Waals surface area contributed by atoms with Gasteiger partial charge in [0.25, 0.3) is 0 Å². The SMILES string of the molecule is Cc1cc(Nc2cc(C(C)C)ncn2)n[nH]1. The Morgan fingerprint density at radius 1 is 1.19 bits per heavy atom. The van der Waals surface area contributed by atoms with Crippen LogP contribution in [0.25, 0.3) is 0 Å². The summed E-state index contributed by atoms with van der Waals surface area (Å²) in [7, 11) is 0. The lowest BCUT2D eigenvalue weighted by molar-refractivity contribution is 0.815. The average Bonchev–Trinajstić information content (AvgIpc) is 2.64. The van der Waals surface area contributed by atoms with Gasteiger partial charge in [0, 0.05) is 23.5 Å². The van der Waals surface area contributed by atoms with E-state index in [0.717, 1.165) is 23.0 Å². The highest BCUT2D eigenvalue weighted by molar-refractivity contribution is 5.51. The molecule has 2 heterocycles. The molecule has 0 saturated heterocycles. The summed E-state index contributed by atoms with van der Waals surface area (Å²) in [5.41, 5.74) is 2.03. The van der Waals surface area contributed by atoms with Crippen molar-refractivity contribution in [2.24, 2.45) is 0 Å². The molecule has 2 N–H and O–H groups in total. The maximum absolute atomic E-state index is 4.21. The summed E-state index contributed by atoms with van der Waals surface area (Å²) in [6, 6.07) is 3.87. The normalized spacial score (nSPS) is 10.8. The molecule has 16 heavy (non-hydrogen) atoms. The van der Waals surface area contributed by atoms with Gasteiger partial charge >= 0.3 is 0 Å². The Balaban J connectivity index is 2.18. The Bertz CT molecular complexity index is 475. The molecular weight excluding hydrogens is 202 g/mol. The van der Waals surface area contributed by atoms with Gasteiger partial charge in [-0.15, -0.1) is 0 Å². The van der Waals surface area contributed by atoms with Crippen LogP contribution in [-0.2, 0) is 0 Å². The number of aryl methyl sites for hydroxylation is 1. The Morgan fingerprint density at radius 2 is 2.00 bits per heavy atom. The lowest BCUT2D eigenvalue weighted by Crippen LogP contribution is -1.98. The Hall–Kier alpha value is -1.91. The van der Waals surface area contributed by atoms with Crippen LogP contribution in [0.5, 0.6) is 0 Å². The van der Waals surface area contributed by atoms with Crippen molar-refractivity contribution in [3.05, 3.63) is 29.8 Å². The number of hydrogen-bond donors (Lipinski definition) is 2. The number of aromatic amines is 1. The van der Waals surface area contributed by atoms with Gasteiger partial charge in [0.05, 0.1) is 0 Å². The topological polar surface area (TPSA) is 66.5 Å². The molecule has 0 aliphatic rings. The summed E-state index contributed by atoms with van der Waals surface area (Å²) in [6.07, 6.45) is 1.57. The van der Waals surface area contributed by atoms with Crippen LogP contribution in [0.15, 0.2) is 18.5 Å². The van der Waals surface area contributed by atoms with Crippen LogP contribution in [0.1, 0.15) is 31.2 Å². The van der Waals surface area contributed by atoms with E-state index in [1.165, 1.54) is 0 Å².